The average Bonchev–Trinajstić information content (AvgIpc) is 3.11. The van der Waals surface area contributed by atoms with Crippen LogP contribution in [0.1, 0.15) is 36.9 Å². The standard InChI is InChI=1S/C14H17N3O/c1-18-13-6-5-10-11(12-7-15-12)8-17(14(10)16-13)9-3-2-4-9/h5-6,8-9,12,15H,2-4,7H2,1H3. The minimum Gasteiger partial charge on any atom is -0.481 e. The molecule has 1 unspecified atom stereocenters. The van der Waals surface area contributed by atoms with Gasteiger partial charge in [0.2, 0.25) is 5.88 Å². The maximum atomic E-state index is 5.25. The fraction of sp³-hybridized carbons (Fsp3) is 0.500. The van der Waals surface area contributed by atoms with Crippen LogP contribution in [-0.4, -0.2) is 23.2 Å². The Balaban J connectivity index is 1.91. The van der Waals surface area contributed by atoms with E-state index in [1.807, 2.05) is 6.07 Å². The van der Waals surface area contributed by atoms with Crippen molar-refractivity contribution in [1.29, 1.82) is 0 Å². The number of nitrogens with one attached hydrogen (secondary N) is 1. The fourth-order valence-corrected chi connectivity index (χ4v) is 2.75. The van der Waals surface area contributed by atoms with Gasteiger partial charge in [0.25, 0.3) is 0 Å². The highest BCUT2D eigenvalue weighted by atomic mass is 16.5. The number of methoxy groups -OCH3 is 1. The van der Waals surface area contributed by atoms with E-state index >= 15 is 0 Å². The molecule has 0 amide bonds. The third-order valence-electron chi connectivity index (χ3n) is 4.14. The zero-order valence-electron chi connectivity index (χ0n) is 10.5. The van der Waals surface area contributed by atoms with E-state index in [4.69, 9.17) is 4.74 Å². The molecule has 2 aliphatic rings. The Morgan fingerprint density at radius 1 is 1.39 bits per heavy atom. The van der Waals surface area contributed by atoms with Crippen LogP contribution in [0.4, 0.5) is 0 Å². The molecule has 2 fully saturated rings. The Hall–Kier alpha value is -1.55. The van der Waals surface area contributed by atoms with Gasteiger partial charge in [0.1, 0.15) is 5.65 Å². The molecule has 94 valence electrons. The topological polar surface area (TPSA) is 49.0 Å². The predicted octanol–water partition coefficient (Wildman–Crippen LogP) is 2.41. The van der Waals surface area contributed by atoms with E-state index in [2.05, 4.69) is 27.1 Å². The molecule has 2 aromatic heterocycles. The third-order valence-corrected chi connectivity index (χ3v) is 4.14. The van der Waals surface area contributed by atoms with Crippen LogP contribution in [0.15, 0.2) is 18.3 Å². The molecule has 2 aromatic rings. The van der Waals surface area contributed by atoms with E-state index in [0.717, 1.165) is 12.2 Å². The molecule has 0 aromatic carbocycles. The van der Waals surface area contributed by atoms with Gasteiger partial charge in [-0.3, -0.25) is 0 Å². The quantitative estimate of drug-likeness (QED) is 0.842. The van der Waals surface area contributed by atoms with Gasteiger partial charge in [-0.05, 0) is 30.9 Å². The number of hydrogen-bond acceptors (Lipinski definition) is 3. The third kappa shape index (κ3) is 1.45. The summed E-state index contributed by atoms with van der Waals surface area (Å²) in [4.78, 5) is 4.64. The normalized spacial score (nSPS) is 23.1. The largest absolute Gasteiger partial charge is 0.481 e. The zero-order chi connectivity index (χ0) is 12.1. The maximum absolute atomic E-state index is 5.25. The molecule has 0 bridgehead atoms. The van der Waals surface area contributed by atoms with Crippen LogP contribution in [0, 0.1) is 0 Å². The lowest BCUT2D eigenvalue weighted by Crippen LogP contribution is -2.16. The molecular formula is C14H17N3O. The van der Waals surface area contributed by atoms with Gasteiger partial charge in [-0.25, -0.2) is 0 Å². The van der Waals surface area contributed by atoms with E-state index in [1.54, 1.807) is 7.11 Å². The number of ether oxygens (including phenoxy) is 1. The van der Waals surface area contributed by atoms with Crippen LogP contribution < -0.4 is 10.1 Å². The summed E-state index contributed by atoms with van der Waals surface area (Å²) in [6.07, 6.45) is 6.19. The first-order valence-electron chi connectivity index (χ1n) is 6.65. The number of rotatable bonds is 3. The Labute approximate surface area is 106 Å². The molecule has 1 saturated heterocycles. The van der Waals surface area contributed by atoms with Crippen molar-refractivity contribution in [2.75, 3.05) is 13.7 Å². The second-order valence-electron chi connectivity index (χ2n) is 5.26. The molecule has 1 aliphatic heterocycles. The SMILES string of the molecule is COc1ccc2c(C3CN3)cn(C3CCC3)c2n1. The molecule has 0 spiro atoms. The molecule has 4 heteroatoms. The van der Waals surface area contributed by atoms with Crippen molar-refractivity contribution in [1.82, 2.24) is 14.9 Å². The first-order chi connectivity index (χ1) is 8.86. The van der Waals surface area contributed by atoms with Crippen LogP contribution >= 0.6 is 0 Å². The van der Waals surface area contributed by atoms with Crippen LogP contribution in [0.5, 0.6) is 5.88 Å². The van der Waals surface area contributed by atoms with E-state index in [0.29, 0.717) is 18.0 Å². The van der Waals surface area contributed by atoms with Crippen molar-refractivity contribution in [3.8, 4) is 5.88 Å². The molecule has 4 nitrogen and oxygen atoms in total. The molecule has 0 radical (unpaired) electrons. The lowest BCUT2D eigenvalue weighted by Gasteiger charge is -2.27. The smallest absolute Gasteiger partial charge is 0.214 e. The Morgan fingerprint density at radius 2 is 2.22 bits per heavy atom. The first kappa shape index (κ1) is 10.4. The lowest BCUT2D eigenvalue weighted by atomic mass is 9.93. The van der Waals surface area contributed by atoms with Crippen molar-refractivity contribution < 1.29 is 4.74 Å². The van der Waals surface area contributed by atoms with Crippen LogP contribution in [-0.2, 0) is 0 Å². The van der Waals surface area contributed by atoms with E-state index in [9.17, 15) is 0 Å². The molecule has 1 atom stereocenters. The van der Waals surface area contributed by atoms with Crippen LogP contribution in [0.25, 0.3) is 11.0 Å². The van der Waals surface area contributed by atoms with Gasteiger partial charge in [-0.15, -0.1) is 0 Å². The molecular weight excluding hydrogens is 226 g/mol. The van der Waals surface area contributed by atoms with Gasteiger partial charge in [0, 0.05) is 36.3 Å². The summed E-state index contributed by atoms with van der Waals surface area (Å²) in [5.41, 5.74) is 2.48. The van der Waals surface area contributed by atoms with Crippen molar-refractivity contribution in [2.24, 2.45) is 0 Å². The van der Waals surface area contributed by atoms with Gasteiger partial charge >= 0.3 is 0 Å². The van der Waals surface area contributed by atoms with Gasteiger partial charge in [-0.1, -0.05) is 0 Å². The molecule has 18 heavy (non-hydrogen) atoms. The molecule has 4 rings (SSSR count). The predicted molar refractivity (Wildman–Crippen MR) is 69.9 cm³/mol. The van der Waals surface area contributed by atoms with Crippen molar-refractivity contribution in [3.05, 3.63) is 23.9 Å². The summed E-state index contributed by atoms with van der Waals surface area (Å²) in [5.74, 6) is 0.705. The highest BCUT2D eigenvalue weighted by Crippen LogP contribution is 2.38. The van der Waals surface area contributed by atoms with Gasteiger partial charge < -0.3 is 14.6 Å². The first-order valence-corrected chi connectivity index (χ1v) is 6.65. The highest BCUT2D eigenvalue weighted by molar-refractivity contribution is 5.82. The Kier molecular flexibility index (Phi) is 2.14. The summed E-state index contributed by atoms with van der Waals surface area (Å²) < 4.78 is 7.61. The molecule has 1 saturated carbocycles. The second-order valence-corrected chi connectivity index (χ2v) is 5.26. The number of nitrogens with zero attached hydrogens (tertiary/aromatic N) is 2. The van der Waals surface area contributed by atoms with E-state index in [-0.39, 0.29) is 0 Å². The molecule has 1 N–H and O–H groups in total. The highest BCUT2D eigenvalue weighted by Gasteiger charge is 2.29. The van der Waals surface area contributed by atoms with Crippen LogP contribution in [0.2, 0.25) is 0 Å². The monoisotopic (exact) mass is 243 g/mol. The van der Waals surface area contributed by atoms with Gasteiger partial charge in [0.05, 0.1) is 7.11 Å². The van der Waals surface area contributed by atoms with Crippen molar-refractivity contribution in [3.63, 3.8) is 0 Å². The zero-order valence-corrected chi connectivity index (χ0v) is 10.5. The fourth-order valence-electron chi connectivity index (χ4n) is 2.75. The Bertz CT molecular complexity index is 596. The summed E-state index contributed by atoms with van der Waals surface area (Å²) in [6, 6.07) is 5.27. The number of fused-ring (bicyclic) bond motifs is 1. The van der Waals surface area contributed by atoms with Crippen molar-refractivity contribution >= 4 is 11.0 Å². The minimum absolute atomic E-state index is 0.532. The average molecular weight is 243 g/mol. The van der Waals surface area contributed by atoms with E-state index < -0.39 is 0 Å². The van der Waals surface area contributed by atoms with Gasteiger partial charge in [-0.2, -0.15) is 4.98 Å². The minimum atomic E-state index is 0.532. The van der Waals surface area contributed by atoms with Crippen molar-refractivity contribution in [2.45, 2.75) is 31.3 Å². The number of hydrogen-bond donors (Lipinski definition) is 1. The molecule has 3 heterocycles. The lowest BCUT2D eigenvalue weighted by molar-refractivity contribution is 0.319. The van der Waals surface area contributed by atoms with Crippen LogP contribution in [0.3, 0.4) is 0 Å². The number of pyridine rings is 1. The summed E-state index contributed by atoms with van der Waals surface area (Å²) in [7, 11) is 1.67. The molecule has 1 aliphatic carbocycles. The summed E-state index contributed by atoms with van der Waals surface area (Å²) in [5, 5.41) is 4.66. The van der Waals surface area contributed by atoms with E-state index in [1.165, 1.54) is 30.2 Å². The maximum Gasteiger partial charge on any atom is 0.214 e. The Morgan fingerprint density at radius 3 is 2.83 bits per heavy atom. The second kappa shape index (κ2) is 3.72. The van der Waals surface area contributed by atoms with Gasteiger partial charge in [0.15, 0.2) is 0 Å². The number of aromatic nitrogens is 2. The summed E-state index contributed by atoms with van der Waals surface area (Å²) in [6.45, 7) is 1.09. The summed E-state index contributed by atoms with van der Waals surface area (Å²) >= 11 is 0.